The normalized spacial score (nSPS) is 11.8. The molecule has 1 aromatic heterocycles. The Bertz CT molecular complexity index is 1160. The summed E-state index contributed by atoms with van der Waals surface area (Å²) in [4.78, 5) is 27.0. The molecule has 3 aromatic rings. The number of hydrogen-bond donors (Lipinski definition) is 2. The van der Waals surface area contributed by atoms with Gasteiger partial charge in [-0.3, -0.25) is 9.69 Å². The number of carboxylic acid groups (broad SMARTS) is 1. The molecule has 6 heteroatoms. The second-order valence-corrected chi connectivity index (χ2v) is 9.27. The molecule has 31 heavy (non-hydrogen) atoms. The van der Waals surface area contributed by atoms with E-state index in [-0.39, 0.29) is 23.8 Å². The number of amides is 1. The van der Waals surface area contributed by atoms with Crippen LogP contribution < -0.4 is 5.56 Å². The zero-order chi connectivity index (χ0) is 22.9. The lowest BCUT2D eigenvalue weighted by molar-refractivity contribution is 0.0937. The minimum absolute atomic E-state index is 0.0522. The van der Waals surface area contributed by atoms with Gasteiger partial charge >= 0.3 is 6.09 Å². The number of phenolic OH excluding ortho intramolecular Hbond substituents is 1. The van der Waals surface area contributed by atoms with Crippen molar-refractivity contribution < 1.29 is 15.0 Å². The van der Waals surface area contributed by atoms with Crippen LogP contribution in [0.2, 0.25) is 0 Å². The molecule has 0 saturated heterocycles. The van der Waals surface area contributed by atoms with Crippen LogP contribution >= 0.6 is 0 Å². The fraction of sp³-hybridized carbons (Fsp3) is 0.360. The third-order valence-electron chi connectivity index (χ3n) is 5.32. The van der Waals surface area contributed by atoms with Crippen LogP contribution in [-0.2, 0) is 13.1 Å². The lowest BCUT2D eigenvalue weighted by Gasteiger charge is -2.35. The Morgan fingerprint density at radius 1 is 1.06 bits per heavy atom. The number of benzene rings is 2. The highest BCUT2D eigenvalue weighted by Crippen LogP contribution is 2.34. The monoisotopic (exact) mass is 422 g/mol. The van der Waals surface area contributed by atoms with Crippen molar-refractivity contribution in [1.82, 2.24) is 9.47 Å². The van der Waals surface area contributed by atoms with Crippen LogP contribution in [0.3, 0.4) is 0 Å². The Balaban J connectivity index is 2.46. The average molecular weight is 423 g/mol. The maximum absolute atomic E-state index is 13.5. The van der Waals surface area contributed by atoms with E-state index in [0.29, 0.717) is 23.0 Å². The first-order valence-electron chi connectivity index (χ1n) is 10.4. The molecule has 2 aromatic carbocycles. The molecule has 0 aliphatic rings. The fourth-order valence-corrected chi connectivity index (χ4v) is 3.88. The summed E-state index contributed by atoms with van der Waals surface area (Å²) >= 11 is 0. The Labute approximate surface area is 182 Å². The maximum atomic E-state index is 13.5. The molecule has 0 aliphatic carbocycles. The second kappa shape index (κ2) is 8.46. The summed E-state index contributed by atoms with van der Waals surface area (Å²) in [6.45, 7) is 10.1. The van der Waals surface area contributed by atoms with Crippen molar-refractivity contribution in [3.8, 4) is 16.9 Å². The SMILES string of the molecule is CC(C)Cn1c(CN(C(=O)O)C(C)(C)C)c(-c2ccccc2)c2cc(O)ccc2c1=O. The second-order valence-electron chi connectivity index (χ2n) is 9.27. The van der Waals surface area contributed by atoms with Gasteiger partial charge in [-0.1, -0.05) is 44.2 Å². The van der Waals surface area contributed by atoms with Crippen molar-refractivity contribution in [3.05, 3.63) is 64.6 Å². The molecule has 2 N–H and O–H groups in total. The number of fused-ring (bicyclic) bond motifs is 1. The topological polar surface area (TPSA) is 82.8 Å². The number of aromatic hydroxyl groups is 1. The van der Waals surface area contributed by atoms with Gasteiger partial charge in [-0.25, -0.2) is 4.79 Å². The van der Waals surface area contributed by atoms with Crippen molar-refractivity contribution in [2.75, 3.05) is 0 Å². The van der Waals surface area contributed by atoms with Crippen molar-refractivity contribution in [2.45, 2.75) is 53.2 Å². The van der Waals surface area contributed by atoms with Crippen molar-refractivity contribution in [2.24, 2.45) is 5.92 Å². The summed E-state index contributed by atoms with van der Waals surface area (Å²) in [5.41, 5.74) is 1.41. The highest BCUT2D eigenvalue weighted by Gasteiger charge is 2.29. The van der Waals surface area contributed by atoms with Crippen LogP contribution in [0.15, 0.2) is 53.3 Å². The molecular formula is C25H30N2O4. The smallest absolute Gasteiger partial charge is 0.408 e. The molecular weight excluding hydrogens is 392 g/mol. The van der Waals surface area contributed by atoms with E-state index in [2.05, 4.69) is 0 Å². The van der Waals surface area contributed by atoms with Gasteiger partial charge in [-0.15, -0.1) is 0 Å². The summed E-state index contributed by atoms with van der Waals surface area (Å²) in [6.07, 6.45) is -1.05. The number of phenols is 1. The van der Waals surface area contributed by atoms with Gasteiger partial charge in [0.2, 0.25) is 0 Å². The van der Waals surface area contributed by atoms with Crippen molar-refractivity contribution in [1.29, 1.82) is 0 Å². The largest absolute Gasteiger partial charge is 0.508 e. The Morgan fingerprint density at radius 2 is 1.71 bits per heavy atom. The summed E-state index contributed by atoms with van der Waals surface area (Å²) in [6, 6.07) is 14.3. The minimum Gasteiger partial charge on any atom is -0.508 e. The number of aromatic nitrogens is 1. The standard InChI is InChI=1S/C25H30N2O4/c1-16(2)14-26-21(15-27(24(30)31)25(3,4)5)22(17-9-7-6-8-10-17)20-13-18(28)11-12-19(20)23(26)29/h6-13,16,28H,14-15H2,1-5H3,(H,30,31). The van der Waals surface area contributed by atoms with Gasteiger partial charge in [0.15, 0.2) is 0 Å². The highest BCUT2D eigenvalue weighted by atomic mass is 16.4. The van der Waals surface area contributed by atoms with E-state index in [1.807, 2.05) is 65.0 Å². The van der Waals surface area contributed by atoms with Crippen LogP contribution in [0.4, 0.5) is 4.79 Å². The first-order valence-corrected chi connectivity index (χ1v) is 10.4. The zero-order valence-corrected chi connectivity index (χ0v) is 18.7. The van der Waals surface area contributed by atoms with Gasteiger partial charge in [0.05, 0.1) is 6.54 Å². The molecule has 0 unspecified atom stereocenters. The summed E-state index contributed by atoms with van der Waals surface area (Å²) in [7, 11) is 0. The van der Waals surface area contributed by atoms with Crippen molar-refractivity contribution >= 4 is 16.9 Å². The third kappa shape index (κ3) is 4.58. The van der Waals surface area contributed by atoms with E-state index in [0.717, 1.165) is 11.1 Å². The average Bonchev–Trinajstić information content (AvgIpc) is 2.67. The summed E-state index contributed by atoms with van der Waals surface area (Å²) < 4.78 is 1.70. The van der Waals surface area contributed by atoms with Gasteiger partial charge < -0.3 is 14.8 Å². The van der Waals surface area contributed by atoms with Crippen LogP contribution in [0.5, 0.6) is 5.75 Å². The van der Waals surface area contributed by atoms with Crippen LogP contribution in [0, 0.1) is 5.92 Å². The molecule has 1 heterocycles. The molecule has 0 radical (unpaired) electrons. The maximum Gasteiger partial charge on any atom is 0.408 e. The number of nitrogens with zero attached hydrogens (tertiary/aromatic N) is 2. The molecule has 0 bridgehead atoms. The van der Waals surface area contributed by atoms with Gasteiger partial charge in [0.25, 0.3) is 5.56 Å². The first-order chi connectivity index (χ1) is 14.5. The zero-order valence-electron chi connectivity index (χ0n) is 18.7. The van der Waals surface area contributed by atoms with E-state index < -0.39 is 11.6 Å². The molecule has 1 amide bonds. The quantitative estimate of drug-likeness (QED) is 0.584. The minimum atomic E-state index is -1.05. The van der Waals surface area contributed by atoms with Crippen molar-refractivity contribution in [3.63, 3.8) is 0 Å². The van der Waals surface area contributed by atoms with E-state index >= 15 is 0 Å². The van der Waals surface area contributed by atoms with Gasteiger partial charge in [0, 0.05) is 34.1 Å². The number of pyridine rings is 1. The molecule has 164 valence electrons. The Hall–Kier alpha value is -3.28. The molecule has 0 fully saturated rings. The fourth-order valence-electron chi connectivity index (χ4n) is 3.88. The third-order valence-corrected chi connectivity index (χ3v) is 5.32. The molecule has 0 saturated carbocycles. The summed E-state index contributed by atoms with van der Waals surface area (Å²) in [5, 5.41) is 21.2. The Kier molecular flexibility index (Phi) is 6.11. The van der Waals surface area contributed by atoms with E-state index in [9.17, 15) is 19.8 Å². The Morgan fingerprint density at radius 3 is 2.26 bits per heavy atom. The number of hydrogen-bond acceptors (Lipinski definition) is 3. The highest BCUT2D eigenvalue weighted by molar-refractivity contribution is 5.98. The number of carbonyl (C=O) groups is 1. The van der Waals surface area contributed by atoms with E-state index in [1.165, 1.54) is 11.0 Å². The van der Waals surface area contributed by atoms with Crippen LogP contribution in [-0.4, -0.2) is 31.3 Å². The molecule has 0 spiro atoms. The van der Waals surface area contributed by atoms with E-state index in [4.69, 9.17) is 0 Å². The first kappa shape index (κ1) is 22.4. The number of rotatable bonds is 5. The lowest BCUT2D eigenvalue weighted by atomic mass is 9.95. The molecule has 0 atom stereocenters. The van der Waals surface area contributed by atoms with Gasteiger partial charge in [-0.2, -0.15) is 0 Å². The van der Waals surface area contributed by atoms with Gasteiger partial charge in [0.1, 0.15) is 5.75 Å². The summed E-state index contributed by atoms with van der Waals surface area (Å²) in [5.74, 6) is 0.241. The predicted molar refractivity (Wildman–Crippen MR) is 123 cm³/mol. The molecule has 3 rings (SSSR count). The predicted octanol–water partition coefficient (Wildman–Crippen LogP) is 5.31. The molecule has 0 aliphatic heterocycles. The van der Waals surface area contributed by atoms with Crippen LogP contribution in [0.25, 0.3) is 21.9 Å². The van der Waals surface area contributed by atoms with Crippen LogP contribution in [0.1, 0.15) is 40.3 Å². The van der Waals surface area contributed by atoms with E-state index in [1.54, 1.807) is 16.7 Å². The molecule has 6 nitrogen and oxygen atoms in total. The lowest BCUT2D eigenvalue weighted by Crippen LogP contribution is -2.45. The van der Waals surface area contributed by atoms with Gasteiger partial charge in [-0.05, 0) is 50.5 Å².